The molecule has 1 aliphatic heterocycles. The van der Waals surface area contributed by atoms with E-state index in [-0.39, 0.29) is 0 Å². The van der Waals surface area contributed by atoms with Gasteiger partial charge < -0.3 is 19.5 Å². The largest absolute Gasteiger partial charge is 0.383 e. The Labute approximate surface area is 109 Å². The van der Waals surface area contributed by atoms with Crippen LogP contribution >= 0.6 is 0 Å². The van der Waals surface area contributed by atoms with Gasteiger partial charge in [0.2, 0.25) is 0 Å². The zero-order valence-electron chi connectivity index (χ0n) is 11.4. The Morgan fingerprint density at radius 2 is 2.44 bits per heavy atom. The summed E-state index contributed by atoms with van der Waals surface area (Å²) in [6, 6.07) is 0.675. The fourth-order valence-corrected chi connectivity index (χ4v) is 2.44. The van der Waals surface area contributed by atoms with Crippen LogP contribution in [-0.2, 0) is 17.8 Å². The van der Waals surface area contributed by atoms with Crippen molar-refractivity contribution in [2.75, 3.05) is 33.9 Å². The van der Waals surface area contributed by atoms with E-state index in [9.17, 15) is 0 Å². The number of hydrogen-bond donors (Lipinski definition) is 1. The molecule has 0 amide bonds. The van der Waals surface area contributed by atoms with Crippen molar-refractivity contribution in [1.29, 1.82) is 0 Å². The minimum atomic E-state index is 0.675. The van der Waals surface area contributed by atoms with Crippen molar-refractivity contribution in [3.63, 3.8) is 0 Å². The normalized spacial score (nSPS) is 20.7. The number of methoxy groups -OCH3 is 1. The summed E-state index contributed by atoms with van der Waals surface area (Å²) in [5.41, 5.74) is 1.10. The zero-order valence-corrected chi connectivity index (χ0v) is 11.4. The van der Waals surface area contributed by atoms with E-state index < -0.39 is 0 Å². The smallest absolute Gasteiger partial charge is 0.0950 e. The Hall–Kier alpha value is -0.910. The number of nitrogens with zero attached hydrogens (tertiary/aromatic N) is 3. The maximum Gasteiger partial charge on any atom is 0.0950 e. The molecule has 18 heavy (non-hydrogen) atoms. The zero-order chi connectivity index (χ0) is 12.8. The molecule has 0 aliphatic carbocycles. The first-order valence-electron chi connectivity index (χ1n) is 6.70. The van der Waals surface area contributed by atoms with Crippen molar-refractivity contribution < 1.29 is 4.74 Å². The summed E-state index contributed by atoms with van der Waals surface area (Å²) in [5.74, 6) is 0. The van der Waals surface area contributed by atoms with Gasteiger partial charge in [-0.2, -0.15) is 0 Å². The number of aromatic nitrogens is 2. The number of imidazole rings is 1. The highest BCUT2D eigenvalue weighted by Crippen LogP contribution is 2.16. The quantitative estimate of drug-likeness (QED) is 0.726. The van der Waals surface area contributed by atoms with Gasteiger partial charge in [-0.05, 0) is 26.4 Å². The molecule has 0 saturated carbocycles. The summed E-state index contributed by atoms with van der Waals surface area (Å²) in [6.07, 6.45) is 6.71. The van der Waals surface area contributed by atoms with Gasteiger partial charge in [-0.15, -0.1) is 0 Å². The van der Waals surface area contributed by atoms with Crippen LogP contribution < -0.4 is 5.32 Å². The maximum atomic E-state index is 4.99. The molecule has 1 aromatic heterocycles. The third kappa shape index (κ3) is 3.80. The van der Waals surface area contributed by atoms with Crippen molar-refractivity contribution in [1.82, 2.24) is 19.8 Å². The molecular weight excluding hydrogens is 228 g/mol. The lowest BCUT2D eigenvalue weighted by atomic mass is 10.2. The van der Waals surface area contributed by atoms with Crippen LogP contribution in [0.4, 0.5) is 0 Å². The molecule has 2 heterocycles. The van der Waals surface area contributed by atoms with E-state index >= 15 is 0 Å². The SMILES string of the molecule is COCCNCc1cn(CC2CCCN2C)cn1. The number of rotatable bonds is 7. The Kier molecular flexibility index (Phi) is 5.16. The van der Waals surface area contributed by atoms with E-state index in [0.29, 0.717) is 6.04 Å². The molecule has 1 aliphatic rings. The van der Waals surface area contributed by atoms with Crippen LogP contribution in [0, 0.1) is 0 Å². The molecule has 0 radical (unpaired) electrons. The second-order valence-corrected chi connectivity index (χ2v) is 5.01. The van der Waals surface area contributed by atoms with Gasteiger partial charge in [0.05, 0.1) is 18.6 Å². The van der Waals surface area contributed by atoms with E-state index in [1.807, 2.05) is 6.33 Å². The van der Waals surface area contributed by atoms with Crippen molar-refractivity contribution >= 4 is 0 Å². The van der Waals surface area contributed by atoms with E-state index in [1.165, 1.54) is 19.4 Å². The first-order valence-corrected chi connectivity index (χ1v) is 6.70. The van der Waals surface area contributed by atoms with Gasteiger partial charge in [-0.3, -0.25) is 0 Å². The standard InChI is InChI=1S/C13H24N4O/c1-16-6-3-4-13(16)10-17-9-12(15-11-17)8-14-5-7-18-2/h9,11,13-14H,3-8,10H2,1-2H3. The summed E-state index contributed by atoms with van der Waals surface area (Å²) < 4.78 is 7.20. The lowest BCUT2D eigenvalue weighted by molar-refractivity contribution is 0.199. The van der Waals surface area contributed by atoms with Crippen molar-refractivity contribution in [3.8, 4) is 0 Å². The molecule has 2 rings (SSSR count). The molecule has 5 nitrogen and oxygen atoms in total. The first-order chi connectivity index (χ1) is 8.79. The number of ether oxygens (including phenoxy) is 1. The Balaban J connectivity index is 1.75. The fraction of sp³-hybridized carbons (Fsp3) is 0.769. The summed E-state index contributed by atoms with van der Waals surface area (Å²) in [7, 11) is 3.93. The molecule has 1 unspecified atom stereocenters. The van der Waals surface area contributed by atoms with E-state index in [2.05, 4.69) is 33.0 Å². The summed E-state index contributed by atoms with van der Waals surface area (Å²) in [5, 5.41) is 3.31. The Bertz CT molecular complexity index is 353. The predicted molar refractivity (Wildman–Crippen MR) is 71.5 cm³/mol. The van der Waals surface area contributed by atoms with Crippen molar-refractivity contribution in [3.05, 3.63) is 18.2 Å². The van der Waals surface area contributed by atoms with E-state index in [1.54, 1.807) is 7.11 Å². The minimum absolute atomic E-state index is 0.675. The topological polar surface area (TPSA) is 42.3 Å². The third-order valence-corrected chi connectivity index (χ3v) is 3.57. The molecule has 1 saturated heterocycles. The summed E-state index contributed by atoms with van der Waals surface area (Å²) in [4.78, 5) is 6.86. The second kappa shape index (κ2) is 6.87. The van der Waals surface area contributed by atoms with Gasteiger partial charge in [0.25, 0.3) is 0 Å². The van der Waals surface area contributed by atoms with Gasteiger partial charge in [0, 0.05) is 39.0 Å². The first kappa shape index (κ1) is 13.5. The molecule has 1 aromatic rings. The van der Waals surface area contributed by atoms with E-state index in [4.69, 9.17) is 4.74 Å². The maximum absolute atomic E-state index is 4.99. The molecule has 5 heteroatoms. The van der Waals surface area contributed by atoms with Crippen LogP contribution in [0.2, 0.25) is 0 Å². The lowest BCUT2D eigenvalue weighted by Crippen LogP contribution is -2.28. The molecule has 0 spiro atoms. The molecule has 0 bridgehead atoms. The number of hydrogen-bond acceptors (Lipinski definition) is 4. The number of nitrogens with one attached hydrogen (secondary N) is 1. The average Bonchev–Trinajstić information content (AvgIpc) is 2.96. The van der Waals surface area contributed by atoms with Crippen molar-refractivity contribution in [2.45, 2.75) is 32.0 Å². The van der Waals surface area contributed by atoms with Gasteiger partial charge in [0.15, 0.2) is 0 Å². The minimum Gasteiger partial charge on any atom is -0.383 e. The summed E-state index contributed by atoms with van der Waals surface area (Å²) >= 11 is 0. The van der Waals surface area contributed by atoms with Crippen LogP contribution in [0.5, 0.6) is 0 Å². The highest BCUT2D eigenvalue weighted by molar-refractivity contribution is 4.97. The highest BCUT2D eigenvalue weighted by atomic mass is 16.5. The van der Waals surface area contributed by atoms with Crippen LogP contribution in [0.3, 0.4) is 0 Å². The average molecular weight is 252 g/mol. The highest BCUT2D eigenvalue weighted by Gasteiger charge is 2.20. The predicted octanol–water partition coefficient (Wildman–Crippen LogP) is 0.713. The molecular formula is C13H24N4O. The molecule has 1 atom stereocenters. The summed E-state index contributed by atoms with van der Waals surface area (Å²) in [6.45, 7) is 4.71. The Morgan fingerprint density at radius 3 is 3.17 bits per heavy atom. The van der Waals surface area contributed by atoms with Crippen LogP contribution in [-0.4, -0.2) is 54.3 Å². The van der Waals surface area contributed by atoms with Gasteiger partial charge >= 0.3 is 0 Å². The lowest BCUT2D eigenvalue weighted by Gasteiger charge is -2.19. The van der Waals surface area contributed by atoms with Crippen LogP contribution in [0.25, 0.3) is 0 Å². The monoisotopic (exact) mass is 252 g/mol. The fourth-order valence-electron chi connectivity index (χ4n) is 2.44. The second-order valence-electron chi connectivity index (χ2n) is 5.01. The van der Waals surface area contributed by atoms with Gasteiger partial charge in [0.1, 0.15) is 0 Å². The van der Waals surface area contributed by atoms with E-state index in [0.717, 1.165) is 31.9 Å². The number of likely N-dealkylation sites (tertiary alicyclic amines) is 1. The van der Waals surface area contributed by atoms with Gasteiger partial charge in [-0.25, -0.2) is 4.98 Å². The number of likely N-dealkylation sites (N-methyl/N-ethyl adjacent to an activating group) is 1. The van der Waals surface area contributed by atoms with Gasteiger partial charge in [-0.1, -0.05) is 0 Å². The molecule has 102 valence electrons. The van der Waals surface area contributed by atoms with Crippen LogP contribution in [0.1, 0.15) is 18.5 Å². The van der Waals surface area contributed by atoms with Crippen molar-refractivity contribution in [2.24, 2.45) is 0 Å². The Morgan fingerprint density at radius 1 is 1.56 bits per heavy atom. The molecule has 0 aromatic carbocycles. The van der Waals surface area contributed by atoms with Crippen LogP contribution in [0.15, 0.2) is 12.5 Å². The molecule has 1 fully saturated rings. The molecule has 1 N–H and O–H groups in total. The third-order valence-electron chi connectivity index (χ3n) is 3.57.